The number of hydrogen-bond acceptors (Lipinski definition) is 5. The Balaban J connectivity index is 1.35. The molecule has 2 aromatic heterocycles. The molecule has 1 aromatic carbocycles. The maximum Gasteiger partial charge on any atom is 0.313 e. The lowest BCUT2D eigenvalue weighted by atomic mass is 9.92. The zero-order valence-corrected chi connectivity index (χ0v) is 24.2. The molecule has 0 unspecified atom stereocenters. The number of hydrogen-bond donors (Lipinski definition) is 1. The summed E-state index contributed by atoms with van der Waals surface area (Å²) in [7, 11) is 0. The second-order valence-corrected chi connectivity index (χ2v) is 11.4. The molecule has 0 aliphatic carbocycles. The first-order valence-electron chi connectivity index (χ1n) is 14.0. The minimum absolute atomic E-state index is 0.0243. The van der Waals surface area contributed by atoms with E-state index in [1.807, 2.05) is 12.1 Å². The summed E-state index contributed by atoms with van der Waals surface area (Å²) < 4.78 is 12.4. The number of aromatic amines is 1. The number of carbonyl (C=O) groups is 1. The molecule has 0 aliphatic rings. The first-order chi connectivity index (χ1) is 18.2. The van der Waals surface area contributed by atoms with Gasteiger partial charge in [-0.1, -0.05) is 104 Å². The van der Waals surface area contributed by atoms with E-state index in [-0.39, 0.29) is 17.3 Å². The average Bonchev–Trinajstić information content (AvgIpc) is 3.42. The summed E-state index contributed by atoms with van der Waals surface area (Å²) in [6, 6.07) is 7.25. The van der Waals surface area contributed by atoms with E-state index < -0.39 is 0 Å². The van der Waals surface area contributed by atoms with Crippen LogP contribution >= 0.6 is 11.6 Å². The third-order valence-electron chi connectivity index (χ3n) is 6.52. The highest BCUT2D eigenvalue weighted by Crippen LogP contribution is 2.32. The highest BCUT2D eigenvalue weighted by atomic mass is 35.5. The van der Waals surface area contributed by atoms with E-state index in [0.29, 0.717) is 28.7 Å². The Kier molecular flexibility index (Phi) is 11.3. The van der Waals surface area contributed by atoms with Crippen LogP contribution in [0.25, 0.3) is 17.0 Å². The summed E-state index contributed by atoms with van der Waals surface area (Å²) in [5, 5.41) is 9.61. The number of fused-ring (bicyclic) bond motifs is 1. The number of halogens is 1. The predicted octanol–water partition coefficient (Wildman–Crippen LogP) is 8.77. The summed E-state index contributed by atoms with van der Waals surface area (Å²) in [5.74, 6) is 0.820. The zero-order valence-electron chi connectivity index (χ0n) is 23.4. The van der Waals surface area contributed by atoms with Crippen LogP contribution in [0.5, 0.6) is 5.75 Å². The van der Waals surface area contributed by atoms with E-state index in [4.69, 9.17) is 21.1 Å². The molecular formula is C30H43ClN4O3. The van der Waals surface area contributed by atoms with Gasteiger partial charge in [-0.05, 0) is 37.3 Å². The fourth-order valence-electron chi connectivity index (χ4n) is 4.35. The second kappa shape index (κ2) is 14.4. The van der Waals surface area contributed by atoms with E-state index in [1.165, 1.54) is 56.0 Å². The van der Waals surface area contributed by atoms with Crippen molar-refractivity contribution in [2.45, 2.75) is 110 Å². The molecule has 3 rings (SSSR count). The van der Waals surface area contributed by atoms with E-state index in [1.54, 1.807) is 12.1 Å². The summed E-state index contributed by atoms with van der Waals surface area (Å²) in [4.78, 5) is 15.4. The lowest BCUT2D eigenvalue weighted by Gasteiger charge is -2.14. The Hall–Kier alpha value is -2.80. The topological polar surface area (TPSA) is 81.5 Å². The predicted molar refractivity (Wildman–Crippen MR) is 153 cm³/mol. The van der Waals surface area contributed by atoms with Gasteiger partial charge in [-0.2, -0.15) is 5.10 Å². The van der Waals surface area contributed by atoms with Crippen LogP contribution in [0.4, 0.5) is 0 Å². The largest absolute Gasteiger partial charge is 0.426 e. The van der Waals surface area contributed by atoms with Gasteiger partial charge < -0.3 is 14.5 Å². The number of H-pyrrole nitrogens is 1. The molecule has 2 heterocycles. The Morgan fingerprint density at radius 1 is 0.947 bits per heavy atom. The number of benzene rings is 1. The molecule has 0 amide bonds. The molecule has 0 spiro atoms. The van der Waals surface area contributed by atoms with Crippen LogP contribution in [0.2, 0.25) is 5.02 Å². The van der Waals surface area contributed by atoms with Gasteiger partial charge in [0.05, 0.1) is 5.69 Å². The number of nitrogens with zero attached hydrogens (tertiary/aromatic N) is 3. The lowest BCUT2D eigenvalue weighted by molar-refractivity contribution is -0.142. The fraction of sp³-hybridized carbons (Fsp3) is 0.567. The third kappa shape index (κ3) is 8.90. The smallest absolute Gasteiger partial charge is 0.313 e. The van der Waals surface area contributed by atoms with Crippen LogP contribution in [0, 0.1) is 0 Å². The Morgan fingerprint density at radius 3 is 2.08 bits per heavy atom. The van der Waals surface area contributed by atoms with Gasteiger partial charge >= 0.3 is 5.97 Å². The maximum atomic E-state index is 12.1. The molecular weight excluding hydrogens is 500 g/mol. The second-order valence-electron chi connectivity index (χ2n) is 11.0. The summed E-state index contributed by atoms with van der Waals surface area (Å²) in [5.41, 5.74) is 2.12. The van der Waals surface area contributed by atoms with Gasteiger partial charge in [0.15, 0.2) is 11.5 Å². The zero-order chi connectivity index (χ0) is 27.5. The normalized spacial score (nSPS) is 11.7. The molecule has 0 bridgehead atoms. The molecule has 1 N–H and O–H groups in total. The van der Waals surface area contributed by atoms with Crippen molar-refractivity contribution in [3.8, 4) is 17.1 Å². The van der Waals surface area contributed by atoms with Crippen molar-refractivity contribution >= 4 is 23.2 Å². The molecule has 8 heteroatoms. The highest BCUT2D eigenvalue weighted by molar-refractivity contribution is 6.34. The minimum atomic E-state index is -0.312. The van der Waals surface area contributed by atoms with Crippen molar-refractivity contribution in [3.05, 3.63) is 47.5 Å². The Morgan fingerprint density at radius 2 is 1.53 bits per heavy atom. The maximum absolute atomic E-state index is 12.1. The number of unbranched alkanes of at least 4 members (excludes halogenated alkanes) is 10. The third-order valence-corrected chi connectivity index (χ3v) is 6.88. The lowest BCUT2D eigenvalue weighted by Crippen LogP contribution is -2.12. The monoisotopic (exact) mass is 542 g/mol. The van der Waals surface area contributed by atoms with Crippen molar-refractivity contribution < 1.29 is 14.3 Å². The van der Waals surface area contributed by atoms with Crippen LogP contribution < -0.4 is 4.74 Å². The van der Waals surface area contributed by atoms with Gasteiger partial charge in [0.2, 0.25) is 0 Å². The highest BCUT2D eigenvalue weighted by Gasteiger charge is 2.25. The van der Waals surface area contributed by atoms with Gasteiger partial charge in [-0.3, -0.25) is 4.79 Å². The van der Waals surface area contributed by atoms with Crippen LogP contribution in [0.3, 0.4) is 0 Å². The van der Waals surface area contributed by atoms with E-state index in [9.17, 15) is 4.79 Å². The number of rotatable bonds is 16. The average molecular weight is 543 g/mol. The quantitative estimate of drug-likeness (QED) is 0.111. The number of ether oxygens (including phenoxy) is 2. The van der Waals surface area contributed by atoms with Gasteiger partial charge in [0, 0.05) is 17.4 Å². The SMILES string of the molecule is C=C(OC(=O)CCCCCCCCCCCCC)Oc1ccc(-c2nn3nc(C(C)(C)C)c(Cl)c3[nH]2)cc1. The van der Waals surface area contributed by atoms with E-state index in [0.717, 1.165) is 30.5 Å². The molecule has 0 atom stereocenters. The van der Waals surface area contributed by atoms with Gasteiger partial charge in [0.1, 0.15) is 10.8 Å². The van der Waals surface area contributed by atoms with Gasteiger partial charge in [-0.25, -0.2) is 0 Å². The molecule has 38 heavy (non-hydrogen) atoms. The molecule has 0 radical (unpaired) electrons. The summed E-state index contributed by atoms with van der Waals surface area (Å²) >= 11 is 6.52. The van der Waals surface area contributed by atoms with Crippen molar-refractivity contribution in [1.82, 2.24) is 19.8 Å². The van der Waals surface area contributed by atoms with Crippen LogP contribution in [0.1, 0.15) is 110 Å². The summed E-state index contributed by atoms with van der Waals surface area (Å²) in [6.45, 7) is 12.2. The van der Waals surface area contributed by atoms with Crippen molar-refractivity contribution in [3.63, 3.8) is 0 Å². The molecule has 3 aromatic rings. The van der Waals surface area contributed by atoms with Crippen molar-refractivity contribution in [1.29, 1.82) is 0 Å². The first kappa shape index (κ1) is 29.8. The Bertz CT molecular complexity index is 1170. The standard InChI is InChI=1S/C30H43ClN4O3/c1-6-7-8-9-10-11-12-13-14-15-16-17-25(36)38-22(2)37-24-20-18-23(19-21-24)28-32-29-26(31)27(30(3,4)5)33-35(29)34-28/h18-21H,2,6-17H2,1,3-5H3,(H,32,34). The molecule has 208 valence electrons. The number of esters is 1. The number of nitrogens with one attached hydrogen (secondary N) is 1. The van der Waals surface area contributed by atoms with Crippen LogP contribution in [0.15, 0.2) is 36.8 Å². The first-order valence-corrected chi connectivity index (χ1v) is 14.4. The van der Waals surface area contributed by atoms with Crippen molar-refractivity contribution in [2.24, 2.45) is 0 Å². The number of carbonyl (C=O) groups excluding carboxylic acids is 1. The molecule has 0 fully saturated rings. The minimum Gasteiger partial charge on any atom is -0.426 e. The Labute approximate surface area is 231 Å². The van der Waals surface area contributed by atoms with Gasteiger partial charge in [0.25, 0.3) is 5.95 Å². The van der Waals surface area contributed by atoms with Crippen LogP contribution in [-0.4, -0.2) is 25.8 Å². The van der Waals surface area contributed by atoms with Crippen LogP contribution in [-0.2, 0) is 14.9 Å². The molecule has 7 nitrogen and oxygen atoms in total. The van der Waals surface area contributed by atoms with E-state index in [2.05, 4.69) is 49.5 Å². The van der Waals surface area contributed by atoms with Crippen molar-refractivity contribution in [2.75, 3.05) is 0 Å². The van der Waals surface area contributed by atoms with E-state index >= 15 is 0 Å². The molecule has 0 aliphatic heterocycles. The fourth-order valence-corrected chi connectivity index (χ4v) is 4.80. The molecule has 0 saturated carbocycles. The summed E-state index contributed by atoms with van der Waals surface area (Å²) in [6.07, 6.45) is 14.0. The molecule has 0 saturated heterocycles. The number of aromatic nitrogens is 4. The van der Waals surface area contributed by atoms with Gasteiger partial charge in [-0.15, -0.1) is 9.73 Å².